The standard InChI is InChI=1S/C15H25NO2/c1-2-15(16,9-13(17)18)14-6-10-3-11(7-14)5-12(4-10)8-14/h10-12H,2-9,16H2,1H3,(H,17,18). The molecule has 0 aromatic rings. The summed E-state index contributed by atoms with van der Waals surface area (Å²) in [7, 11) is 0. The highest BCUT2D eigenvalue weighted by atomic mass is 16.4. The van der Waals surface area contributed by atoms with E-state index >= 15 is 0 Å². The van der Waals surface area contributed by atoms with E-state index in [-0.39, 0.29) is 11.8 Å². The molecule has 1 unspecified atom stereocenters. The van der Waals surface area contributed by atoms with Crippen LogP contribution in [0, 0.1) is 23.2 Å². The number of hydrogen-bond donors (Lipinski definition) is 2. The third-order valence-corrected chi connectivity index (χ3v) is 6.19. The summed E-state index contributed by atoms with van der Waals surface area (Å²) in [6.07, 6.45) is 8.66. The summed E-state index contributed by atoms with van der Waals surface area (Å²) in [5.74, 6) is 1.77. The maximum absolute atomic E-state index is 11.2. The number of rotatable bonds is 4. The third kappa shape index (κ3) is 1.70. The van der Waals surface area contributed by atoms with Gasteiger partial charge in [-0.05, 0) is 68.1 Å². The minimum atomic E-state index is -0.727. The summed E-state index contributed by atoms with van der Waals surface area (Å²) in [4.78, 5) is 11.2. The van der Waals surface area contributed by atoms with E-state index in [9.17, 15) is 9.90 Å². The van der Waals surface area contributed by atoms with E-state index in [1.54, 1.807) is 0 Å². The minimum Gasteiger partial charge on any atom is -0.481 e. The Hall–Kier alpha value is -0.570. The Balaban J connectivity index is 1.91. The van der Waals surface area contributed by atoms with E-state index in [1.807, 2.05) is 0 Å². The van der Waals surface area contributed by atoms with Crippen molar-refractivity contribution in [3.8, 4) is 0 Å². The van der Waals surface area contributed by atoms with Crippen molar-refractivity contribution in [3.05, 3.63) is 0 Å². The Labute approximate surface area is 109 Å². The van der Waals surface area contributed by atoms with Gasteiger partial charge in [-0.25, -0.2) is 0 Å². The van der Waals surface area contributed by atoms with Crippen LogP contribution in [-0.4, -0.2) is 16.6 Å². The molecule has 3 nitrogen and oxygen atoms in total. The van der Waals surface area contributed by atoms with Crippen molar-refractivity contribution in [3.63, 3.8) is 0 Å². The van der Waals surface area contributed by atoms with Crippen molar-refractivity contribution in [2.24, 2.45) is 28.9 Å². The summed E-state index contributed by atoms with van der Waals surface area (Å²) >= 11 is 0. The van der Waals surface area contributed by atoms with Gasteiger partial charge in [0.15, 0.2) is 0 Å². The second kappa shape index (κ2) is 3.96. The number of carbonyl (C=O) groups is 1. The lowest BCUT2D eigenvalue weighted by atomic mass is 9.44. The topological polar surface area (TPSA) is 63.3 Å². The first-order valence-corrected chi connectivity index (χ1v) is 7.47. The van der Waals surface area contributed by atoms with Crippen LogP contribution < -0.4 is 5.73 Å². The fourth-order valence-electron chi connectivity index (χ4n) is 5.68. The summed E-state index contributed by atoms with van der Waals surface area (Å²) < 4.78 is 0. The Morgan fingerprint density at radius 1 is 1.22 bits per heavy atom. The number of nitrogens with two attached hydrogens (primary N) is 1. The van der Waals surface area contributed by atoms with E-state index in [0.717, 1.165) is 24.2 Å². The molecule has 0 aliphatic heterocycles. The SMILES string of the molecule is CCC(N)(CC(=O)O)C12CC3CC(CC(C3)C1)C2. The van der Waals surface area contributed by atoms with Gasteiger partial charge in [0.1, 0.15) is 0 Å². The molecule has 3 N–H and O–H groups in total. The van der Waals surface area contributed by atoms with Crippen LogP contribution >= 0.6 is 0 Å². The van der Waals surface area contributed by atoms with E-state index in [2.05, 4.69) is 6.92 Å². The van der Waals surface area contributed by atoms with Gasteiger partial charge >= 0.3 is 5.97 Å². The van der Waals surface area contributed by atoms with Gasteiger partial charge in [0.05, 0.1) is 6.42 Å². The number of aliphatic carboxylic acids is 1. The van der Waals surface area contributed by atoms with Gasteiger partial charge in [0.2, 0.25) is 0 Å². The molecule has 3 heteroatoms. The molecule has 102 valence electrons. The molecule has 0 heterocycles. The number of carboxylic acids is 1. The second-order valence-electron chi connectivity index (χ2n) is 7.28. The van der Waals surface area contributed by atoms with Crippen molar-refractivity contribution >= 4 is 5.97 Å². The zero-order valence-corrected chi connectivity index (χ0v) is 11.3. The van der Waals surface area contributed by atoms with E-state index in [1.165, 1.54) is 38.5 Å². The summed E-state index contributed by atoms with van der Waals surface area (Å²) in [6, 6.07) is 0. The highest BCUT2D eigenvalue weighted by Gasteiger charge is 2.58. The fraction of sp³-hybridized carbons (Fsp3) is 0.933. The molecule has 0 aromatic carbocycles. The predicted molar refractivity (Wildman–Crippen MR) is 70.1 cm³/mol. The number of hydrogen-bond acceptors (Lipinski definition) is 2. The van der Waals surface area contributed by atoms with Crippen LogP contribution in [0.1, 0.15) is 58.3 Å². The molecule has 1 atom stereocenters. The first-order chi connectivity index (χ1) is 8.46. The van der Waals surface area contributed by atoms with E-state index < -0.39 is 11.5 Å². The summed E-state index contributed by atoms with van der Waals surface area (Å²) in [5.41, 5.74) is 6.27. The summed E-state index contributed by atoms with van der Waals surface area (Å²) in [5, 5.41) is 9.20. The molecule has 0 amide bonds. The number of carboxylic acid groups (broad SMARTS) is 1. The van der Waals surface area contributed by atoms with Gasteiger partial charge in [0.25, 0.3) is 0 Å². The van der Waals surface area contributed by atoms with Gasteiger partial charge in [-0.2, -0.15) is 0 Å². The van der Waals surface area contributed by atoms with Gasteiger partial charge in [0, 0.05) is 5.54 Å². The van der Waals surface area contributed by atoms with Crippen LogP contribution in [0.15, 0.2) is 0 Å². The van der Waals surface area contributed by atoms with Crippen molar-refractivity contribution in [2.75, 3.05) is 0 Å². The van der Waals surface area contributed by atoms with Crippen LogP contribution in [0.3, 0.4) is 0 Å². The van der Waals surface area contributed by atoms with Crippen LogP contribution in [0.5, 0.6) is 0 Å². The maximum Gasteiger partial charge on any atom is 0.305 e. The molecule has 0 saturated heterocycles. The Bertz CT molecular complexity index is 330. The average Bonchev–Trinajstić information content (AvgIpc) is 2.25. The zero-order chi connectivity index (χ0) is 13.0. The molecule has 4 fully saturated rings. The Morgan fingerprint density at radius 3 is 2.00 bits per heavy atom. The summed E-state index contributed by atoms with van der Waals surface area (Å²) in [6.45, 7) is 2.07. The van der Waals surface area contributed by atoms with Crippen molar-refractivity contribution in [2.45, 2.75) is 63.8 Å². The van der Waals surface area contributed by atoms with Crippen LogP contribution in [-0.2, 0) is 4.79 Å². The highest BCUT2D eigenvalue weighted by Crippen LogP contribution is 2.64. The zero-order valence-electron chi connectivity index (χ0n) is 11.3. The van der Waals surface area contributed by atoms with Gasteiger partial charge in [-0.3, -0.25) is 4.79 Å². The molecule has 4 aliphatic rings. The molecule has 18 heavy (non-hydrogen) atoms. The second-order valence-corrected chi connectivity index (χ2v) is 7.28. The molecular formula is C15H25NO2. The molecule has 0 radical (unpaired) electrons. The molecular weight excluding hydrogens is 226 g/mol. The van der Waals surface area contributed by atoms with Gasteiger partial charge < -0.3 is 10.8 Å². The average molecular weight is 251 g/mol. The fourth-order valence-corrected chi connectivity index (χ4v) is 5.68. The van der Waals surface area contributed by atoms with Crippen molar-refractivity contribution < 1.29 is 9.90 Å². The Kier molecular flexibility index (Phi) is 2.74. The third-order valence-electron chi connectivity index (χ3n) is 6.19. The monoisotopic (exact) mass is 251 g/mol. The maximum atomic E-state index is 11.2. The Morgan fingerprint density at radius 2 is 1.67 bits per heavy atom. The quantitative estimate of drug-likeness (QED) is 0.807. The molecule has 4 aliphatic carbocycles. The van der Waals surface area contributed by atoms with E-state index in [4.69, 9.17) is 5.73 Å². The highest BCUT2D eigenvalue weighted by molar-refractivity contribution is 5.68. The van der Waals surface area contributed by atoms with E-state index in [0.29, 0.717) is 0 Å². The first-order valence-electron chi connectivity index (χ1n) is 7.47. The molecule has 4 bridgehead atoms. The first kappa shape index (κ1) is 12.5. The lowest BCUT2D eigenvalue weighted by Gasteiger charge is -2.62. The van der Waals surface area contributed by atoms with Crippen molar-refractivity contribution in [1.29, 1.82) is 0 Å². The molecule has 0 aromatic heterocycles. The molecule has 4 rings (SSSR count). The lowest BCUT2D eigenvalue weighted by Crippen LogP contribution is -2.63. The van der Waals surface area contributed by atoms with Crippen molar-refractivity contribution in [1.82, 2.24) is 0 Å². The van der Waals surface area contributed by atoms with Crippen LogP contribution in [0.2, 0.25) is 0 Å². The van der Waals surface area contributed by atoms with Crippen LogP contribution in [0.4, 0.5) is 0 Å². The minimum absolute atomic E-state index is 0.134. The molecule has 4 saturated carbocycles. The van der Waals surface area contributed by atoms with Crippen LogP contribution in [0.25, 0.3) is 0 Å². The molecule has 0 spiro atoms. The van der Waals surface area contributed by atoms with Gasteiger partial charge in [-0.1, -0.05) is 6.92 Å². The predicted octanol–water partition coefficient (Wildman–Crippen LogP) is 2.79. The van der Waals surface area contributed by atoms with Gasteiger partial charge in [-0.15, -0.1) is 0 Å². The largest absolute Gasteiger partial charge is 0.481 e. The normalized spacial score (nSPS) is 44.9. The lowest BCUT2D eigenvalue weighted by molar-refractivity contribution is -0.146. The smallest absolute Gasteiger partial charge is 0.305 e.